The van der Waals surface area contributed by atoms with Crippen LogP contribution in [0.2, 0.25) is 0 Å². The fourth-order valence-corrected chi connectivity index (χ4v) is 6.12. The van der Waals surface area contributed by atoms with Gasteiger partial charge in [-0.05, 0) is 57.0 Å². The topological polar surface area (TPSA) is 65.1 Å². The van der Waals surface area contributed by atoms with E-state index in [0.29, 0.717) is 13.0 Å². The number of ether oxygens (including phenoxy) is 1. The number of fused-ring (bicyclic) bond motifs is 1. The maximum atomic E-state index is 13.0. The highest BCUT2D eigenvalue weighted by molar-refractivity contribution is 7.55. The van der Waals surface area contributed by atoms with Crippen LogP contribution in [0.4, 0.5) is 0 Å². The Hall–Kier alpha value is -1.98. The second-order valence-electron chi connectivity index (χ2n) is 8.64. The Bertz CT molecular complexity index is 1010. The van der Waals surface area contributed by atoms with Crippen molar-refractivity contribution in [3.8, 4) is 0 Å². The average Bonchev–Trinajstić information content (AvgIpc) is 3.17. The maximum absolute atomic E-state index is 13.0. The number of nitrogens with zero attached hydrogens (tertiary/aromatic N) is 1. The zero-order valence-electron chi connectivity index (χ0n) is 20.2. The van der Waals surface area contributed by atoms with Crippen LogP contribution >= 0.6 is 7.60 Å². The smallest absolute Gasteiger partial charge is 0.345 e. The number of hydrogen-bond donors (Lipinski definition) is 0. The van der Waals surface area contributed by atoms with Crippen LogP contribution in [-0.2, 0) is 29.6 Å². The predicted molar refractivity (Wildman–Crippen MR) is 133 cm³/mol. The van der Waals surface area contributed by atoms with Crippen molar-refractivity contribution in [2.24, 2.45) is 0 Å². The van der Waals surface area contributed by atoms with E-state index >= 15 is 0 Å². The van der Waals surface area contributed by atoms with Gasteiger partial charge in [-0.1, -0.05) is 54.1 Å². The van der Waals surface area contributed by atoms with E-state index in [-0.39, 0.29) is 19.3 Å². The standard InChI is InChI=1S/C26H36NO5P/c1-5-30-33(29,31-6-2)25-18-24(32-26(25)28)19-27(4)16-15-20(3)11-12-21-13-14-22-9-7-8-10-23(22)17-21/h7-10,13-15,17,24-25H,5-6,11-12,16,18-19H2,1-4H3. The number of carbonyl (C=O) groups excluding carboxylic acids is 1. The minimum Gasteiger partial charge on any atom is -0.460 e. The summed E-state index contributed by atoms with van der Waals surface area (Å²) in [5.74, 6) is -0.485. The van der Waals surface area contributed by atoms with Gasteiger partial charge in [-0.2, -0.15) is 0 Å². The van der Waals surface area contributed by atoms with Gasteiger partial charge >= 0.3 is 13.6 Å². The molecule has 1 heterocycles. The van der Waals surface area contributed by atoms with Gasteiger partial charge in [0.1, 0.15) is 6.10 Å². The molecule has 0 aromatic heterocycles. The summed E-state index contributed by atoms with van der Waals surface area (Å²) in [7, 11) is -1.49. The second-order valence-corrected chi connectivity index (χ2v) is 10.9. The van der Waals surface area contributed by atoms with Crippen LogP contribution in [0.5, 0.6) is 0 Å². The summed E-state index contributed by atoms with van der Waals surface area (Å²) in [6.45, 7) is 7.44. The van der Waals surface area contributed by atoms with Gasteiger partial charge in [0.15, 0.2) is 5.66 Å². The van der Waals surface area contributed by atoms with Gasteiger partial charge in [0.25, 0.3) is 0 Å². The quantitative estimate of drug-likeness (QED) is 0.227. The molecule has 2 unspecified atom stereocenters. The minimum absolute atomic E-state index is 0.231. The lowest BCUT2D eigenvalue weighted by molar-refractivity contribution is -0.141. The number of allylic oxidation sites excluding steroid dienone is 1. The second kappa shape index (κ2) is 11.9. The number of likely N-dealkylation sites (N-methyl/N-ethyl adjacent to an activating group) is 1. The van der Waals surface area contributed by atoms with Crippen LogP contribution in [0.15, 0.2) is 54.1 Å². The van der Waals surface area contributed by atoms with Gasteiger partial charge in [-0.25, -0.2) is 0 Å². The summed E-state index contributed by atoms with van der Waals surface area (Å²) in [5.41, 5.74) is 1.83. The molecule has 1 aliphatic rings. The number of cyclic esters (lactones) is 1. The molecule has 2 aromatic carbocycles. The highest BCUT2D eigenvalue weighted by Crippen LogP contribution is 2.56. The Morgan fingerprint density at radius 3 is 2.55 bits per heavy atom. The summed E-state index contributed by atoms with van der Waals surface area (Å²) >= 11 is 0. The molecule has 2 atom stereocenters. The van der Waals surface area contributed by atoms with E-state index in [1.54, 1.807) is 13.8 Å². The molecule has 0 spiro atoms. The fraction of sp³-hybridized carbons (Fsp3) is 0.500. The van der Waals surface area contributed by atoms with Crippen molar-refractivity contribution in [2.45, 2.75) is 51.8 Å². The Morgan fingerprint density at radius 2 is 1.85 bits per heavy atom. The first-order valence-corrected chi connectivity index (χ1v) is 13.4. The van der Waals surface area contributed by atoms with E-state index in [4.69, 9.17) is 13.8 Å². The molecule has 0 N–H and O–H groups in total. The van der Waals surface area contributed by atoms with Gasteiger partial charge < -0.3 is 13.8 Å². The molecule has 0 bridgehead atoms. The molecule has 180 valence electrons. The molecule has 0 radical (unpaired) electrons. The molecule has 2 aromatic rings. The van der Waals surface area contributed by atoms with E-state index in [0.717, 1.165) is 19.4 Å². The van der Waals surface area contributed by atoms with Crippen molar-refractivity contribution in [1.29, 1.82) is 0 Å². The van der Waals surface area contributed by atoms with Crippen LogP contribution in [0.1, 0.15) is 39.2 Å². The highest BCUT2D eigenvalue weighted by atomic mass is 31.2. The summed E-state index contributed by atoms with van der Waals surface area (Å²) in [5, 5.41) is 2.54. The number of rotatable bonds is 12. The molecule has 7 heteroatoms. The summed E-state index contributed by atoms with van der Waals surface area (Å²) < 4.78 is 29.2. The number of hydrogen-bond acceptors (Lipinski definition) is 6. The molecule has 0 saturated carbocycles. The number of aryl methyl sites for hydroxylation is 1. The molecule has 1 fully saturated rings. The SMILES string of the molecule is CCOP(=O)(OCC)C1CC(CN(C)CC=C(C)CCc2ccc3ccccc3c2)OC1=O. The van der Waals surface area contributed by atoms with E-state index in [1.807, 2.05) is 7.05 Å². The van der Waals surface area contributed by atoms with Crippen LogP contribution in [0.25, 0.3) is 10.8 Å². The number of esters is 1. The predicted octanol–water partition coefficient (Wildman–Crippen LogP) is 5.60. The van der Waals surface area contributed by atoms with E-state index in [9.17, 15) is 9.36 Å². The Kier molecular flexibility index (Phi) is 9.27. The first-order valence-electron chi connectivity index (χ1n) is 11.8. The Balaban J connectivity index is 1.48. The van der Waals surface area contributed by atoms with E-state index in [2.05, 4.69) is 60.4 Å². The van der Waals surface area contributed by atoms with Crippen LogP contribution in [-0.4, -0.2) is 56.0 Å². The molecule has 3 rings (SSSR count). The van der Waals surface area contributed by atoms with Crippen molar-refractivity contribution >= 4 is 24.3 Å². The van der Waals surface area contributed by atoms with Crippen LogP contribution in [0, 0.1) is 0 Å². The zero-order chi connectivity index (χ0) is 23.8. The number of carbonyl (C=O) groups is 1. The van der Waals surface area contributed by atoms with Crippen molar-refractivity contribution in [3.05, 3.63) is 59.7 Å². The normalized spacial score (nSPS) is 19.4. The third-order valence-electron chi connectivity index (χ3n) is 5.93. The van der Waals surface area contributed by atoms with Gasteiger partial charge in [-0.3, -0.25) is 14.3 Å². The van der Waals surface area contributed by atoms with Crippen molar-refractivity contribution in [1.82, 2.24) is 4.90 Å². The lowest BCUT2D eigenvalue weighted by atomic mass is 10.0. The molecule has 0 aliphatic carbocycles. The third-order valence-corrected chi connectivity index (χ3v) is 8.35. The Labute approximate surface area is 197 Å². The summed E-state index contributed by atoms with van der Waals surface area (Å²) in [6, 6.07) is 15.1. The summed E-state index contributed by atoms with van der Waals surface area (Å²) in [4.78, 5) is 14.5. The first-order chi connectivity index (χ1) is 15.8. The molecule has 1 aliphatic heterocycles. The van der Waals surface area contributed by atoms with E-state index in [1.165, 1.54) is 21.9 Å². The Morgan fingerprint density at radius 1 is 1.15 bits per heavy atom. The average molecular weight is 474 g/mol. The molecule has 33 heavy (non-hydrogen) atoms. The van der Waals surface area contributed by atoms with Gasteiger partial charge in [0.2, 0.25) is 0 Å². The number of benzene rings is 2. The lowest BCUT2D eigenvalue weighted by Crippen LogP contribution is -2.29. The molecular weight excluding hydrogens is 437 g/mol. The zero-order valence-corrected chi connectivity index (χ0v) is 21.1. The molecular formula is C26H36NO5P. The minimum atomic E-state index is -3.49. The molecule has 0 amide bonds. The van der Waals surface area contributed by atoms with Crippen molar-refractivity contribution in [2.75, 3.05) is 33.4 Å². The molecule has 1 saturated heterocycles. The third kappa shape index (κ3) is 7.00. The summed E-state index contributed by atoms with van der Waals surface area (Å²) in [6.07, 6.45) is 4.26. The molecule has 6 nitrogen and oxygen atoms in total. The van der Waals surface area contributed by atoms with Crippen LogP contribution in [0.3, 0.4) is 0 Å². The highest BCUT2D eigenvalue weighted by Gasteiger charge is 2.49. The van der Waals surface area contributed by atoms with E-state index < -0.39 is 19.2 Å². The first kappa shape index (κ1) is 25.6. The lowest BCUT2D eigenvalue weighted by Gasteiger charge is -2.21. The van der Waals surface area contributed by atoms with Crippen molar-refractivity contribution in [3.63, 3.8) is 0 Å². The maximum Gasteiger partial charge on any atom is 0.345 e. The van der Waals surface area contributed by atoms with Crippen LogP contribution < -0.4 is 0 Å². The van der Waals surface area contributed by atoms with Gasteiger partial charge in [0.05, 0.1) is 13.2 Å². The fourth-order valence-electron chi connectivity index (χ4n) is 4.15. The largest absolute Gasteiger partial charge is 0.460 e. The van der Waals surface area contributed by atoms with Crippen molar-refractivity contribution < 1.29 is 23.1 Å². The van der Waals surface area contributed by atoms with Gasteiger partial charge in [0, 0.05) is 19.5 Å². The van der Waals surface area contributed by atoms with Gasteiger partial charge in [-0.15, -0.1) is 0 Å². The monoisotopic (exact) mass is 473 g/mol.